The number of carbonyl (C=O) groups excluding carboxylic acids is 1. The van der Waals surface area contributed by atoms with Crippen LogP contribution < -0.4 is 5.32 Å². The first-order valence-electron chi connectivity index (χ1n) is 5.62. The molecule has 0 fully saturated rings. The molecule has 0 radical (unpaired) electrons. The number of halogens is 2. The molecule has 0 unspecified atom stereocenters. The number of carbonyl (C=O) groups is 1. The minimum Gasteiger partial charge on any atom is -0.506 e. The molecular formula is C13H8ClIN2O4. The molecule has 0 saturated carbocycles. The molecule has 1 amide bonds. The quantitative estimate of drug-likeness (QED) is 0.343. The fraction of sp³-hybridized carbons (Fsp3) is 0. The fourth-order valence-corrected chi connectivity index (χ4v) is 2.09. The number of benzene rings is 2. The highest BCUT2D eigenvalue weighted by molar-refractivity contribution is 14.1. The van der Waals surface area contributed by atoms with E-state index in [1.807, 2.05) is 22.6 Å². The van der Waals surface area contributed by atoms with Crippen LogP contribution in [-0.4, -0.2) is 15.9 Å². The lowest BCUT2D eigenvalue weighted by atomic mass is 10.2. The van der Waals surface area contributed by atoms with Gasteiger partial charge in [0.05, 0.1) is 21.7 Å². The summed E-state index contributed by atoms with van der Waals surface area (Å²) in [5, 5.41) is 23.2. The average Bonchev–Trinajstić information content (AvgIpc) is 2.43. The van der Waals surface area contributed by atoms with E-state index in [-0.39, 0.29) is 17.1 Å². The molecule has 0 bridgehead atoms. The van der Waals surface area contributed by atoms with E-state index < -0.39 is 10.8 Å². The second kappa shape index (κ2) is 6.27. The maximum absolute atomic E-state index is 12.0. The molecule has 21 heavy (non-hydrogen) atoms. The molecule has 0 saturated heterocycles. The number of phenols is 1. The van der Waals surface area contributed by atoms with E-state index in [1.54, 1.807) is 12.1 Å². The number of anilines is 1. The van der Waals surface area contributed by atoms with Crippen LogP contribution >= 0.6 is 34.2 Å². The predicted molar refractivity (Wildman–Crippen MR) is 86.9 cm³/mol. The van der Waals surface area contributed by atoms with Crippen molar-refractivity contribution in [2.24, 2.45) is 0 Å². The van der Waals surface area contributed by atoms with Gasteiger partial charge in [0, 0.05) is 15.2 Å². The van der Waals surface area contributed by atoms with E-state index >= 15 is 0 Å². The highest BCUT2D eigenvalue weighted by atomic mass is 127. The van der Waals surface area contributed by atoms with Crippen LogP contribution in [0.3, 0.4) is 0 Å². The lowest BCUT2D eigenvalue weighted by Crippen LogP contribution is -2.12. The van der Waals surface area contributed by atoms with Crippen LogP contribution in [0, 0.1) is 13.7 Å². The first-order valence-corrected chi connectivity index (χ1v) is 7.08. The first kappa shape index (κ1) is 15.5. The number of hydrogen-bond acceptors (Lipinski definition) is 4. The Balaban J connectivity index is 2.23. The second-order valence-electron chi connectivity index (χ2n) is 4.04. The maximum Gasteiger partial charge on any atom is 0.273 e. The van der Waals surface area contributed by atoms with Crippen molar-refractivity contribution in [1.82, 2.24) is 0 Å². The number of non-ortho nitro benzene ring substituents is 1. The van der Waals surface area contributed by atoms with Gasteiger partial charge in [-0.05, 0) is 46.9 Å². The summed E-state index contributed by atoms with van der Waals surface area (Å²) in [7, 11) is 0. The van der Waals surface area contributed by atoms with Gasteiger partial charge >= 0.3 is 0 Å². The molecule has 0 aromatic heterocycles. The van der Waals surface area contributed by atoms with E-state index in [0.717, 1.165) is 9.64 Å². The molecular weight excluding hydrogens is 411 g/mol. The van der Waals surface area contributed by atoms with Crippen LogP contribution in [0.25, 0.3) is 0 Å². The Morgan fingerprint density at radius 2 is 2.00 bits per heavy atom. The zero-order valence-corrected chi connectivity index (χ0v) is 13.3. The van der Waals surface area contributed by atoms with Gasteiger partial charge in [0.1, 0.15) is 5.75 Å². The molecule has 0 spiro atoms. The van der Waals surface area contributed by atoms with Crippen molar-refractivity contribution in [2.45, 2.75) is 0 Å². The number of nitrogens with one attached hydrogen (secondary N) is 1. The molecule has 2 aromatic carbocycles. The Labute approximate surface area is 138 Å². The SMILES string of the molecule is O=C(Nc1ccc([N+](=O)[O-])cc1O)c1ccc(I)c(Cl)c1. The summed E-state index contributed by atoms with van der Waals surface area (Å²) in [6, 6.07) is 8.20. The summed E-state index contributed by atoms with van der Waals surface area (Å²) in [6.07, 6.45) is 0. The van der Waals surface area contributed by atoms with Crippen molar-refractivity contribution in [2.75, 3.05) is 5.32 Å². The van der Waals surface area contributed by atoms with Crippen molar-refractivity contribution >= 4 is 51.5 Å². The molecule has 2 rings (SSSR count). The van der Waals surface area contributed by atoms with E-state index in [4.69, 9.17) is 11.6 Å². The highest BCUT2D eigenvalue weighted by Crippen LogP contribution is 2.28. The normalized spacial score (nSPS) is 10.2. The van der Waals surface area contributed by atoms with Crippen molar-refractivity contribution < 1.29 is 14.8 Å². The van der Waals surface area contributed by atoms with E-state index in [1.165, 1.54) is 18.2 Å². The zero-order valence-electron chi connectivity index (χ0n) is 10.3. The van der Waals surface area contributed by atoms with Crippen LogP contribution in [-0.2, 0) is 0 Å². The molecule has 0 aliphatic heterocycles. The largest absolute Gasteiger partial charge is 0.506 e. The topological polar surface area (TPSA) is 92.5 Å². The van der Waals surface area contributed by atoms with Crippen molar-refractivity contribution in [3.05, 3.63) is 60.7 Å². The van der Waals surface area contributed by atoms with E-state index in [9.17, 15) is 20.0 Å². The Bertz CT molecular complexity index is 736. The number of amides is 1. The van der Waals surface area contributed by atoms with Gasteiger partial charge in [-0.2, -0.15) is 0 Å². The number of nitro groups is 1. The number of hydrogen-bond donors (Lipinski definition) is 2. The van der Waals surface area contributed by atoms with Gasteiger partial charge in [0.15, 0.2) is 0 Å². The number of nitrogens with zero attached hydrogens (tertiary/aromatic N) is 1. The van der Waals surface area contributed by atoms with Crippen LogP contribution in [0.4, 0.5) is 11.4 Å². The van der Waals surface area contributed by atoms with Crippen LogP contribution in [0.2, 0.25) is 5.02 Å². The Kier molecular flexibility index (Phi) is 4.63. The molecule has 0 heterocycles. The summed E-state index contributed by atoms with van der Waals surface area (Å²) in [6.45, 7) is 0. The molecule has 2 aromatic rings. The molecule has 0 atom stereocenters. The maximum atomic E-state index is 12.0. The summed E-state index contributed by atoms with van der Waals surface area (Å²) in [5.74, 6) is -0.855. The molecule has 2 N–H and O–H groups in total. The van der Waals surface area contributed by atoms with E-state index in [2.05, 4.69) is 5.32 Å². The number of nitro benzene ring substituents is 1. The van der Waals surface area contributed by atoms with Gasteiger partial charge in [-0.15, -0.1) is 0 Å². The molecule has 0 aliphatic rings. The van der Waals surface area contributed by atoms with Crippen LogP contribution in [0.15, 0.2) is 36.4 Å². The van der Waals surface area contributed by atoms with E-state index in [0.29, 0.717) is 10.6 Å². The highest BCUT2D eigenvalue weighted by Gasteiger charge is 2.13. The van der Waals surface area contributed by atoms with Gasteiger partial charge < -0.3 is 10.4 Å². The summed E-state index contributed by atoms with van der Waals surface area (Å²) in [4.78, 5) is 22.0. The number of aromatic hydroxyl groups is 1. The zero-order chi connectivity index (χ0) is 15.6. The third-order valence-electron chi connectivity index (χ3n) is 2.62. The third-order valence-corrected chi connectivity index (χ3v) is 4.19. The summed E-state index contributed by atoms with van der Waals surface area (Å²) in [5.41, 5.74) is 0.140. The smallest absolute Gasteiger partial charge is 0.273 e. The predicted octanol–water partition coefficient (Wildman–Crippen LogP) is 3.81. The summed E-state index contributed by atoms with van der Waals surface area (Å²) < 4.78 is 0.809. The van der Waals surface area contributed by atoms with Gasteiger partial charge in [0.25, 0.3) is 11.6 Å². The van der Waals surface area contributed by atoms with Gasteiger partial charge in [0.2, 0.25) is 0 Å². The van der Waals surface area contributed by atoms with Crippen molar-refractivity contribution in [3.63, 3.8) is 0 Å². The number of phenolic OH excluding ortho intramolecular Hbond substituents is 1. The van der Waals surface area contributed by atoms with Crippen molar-refractivity contribution in [1.29, 1.82) is 0 Å². The second-order valence-corrected chi connectivity index (χ2v) is 5.61. The average molecular weight is 419 g/mol. The lowest BCUT2D eigenvalue weighted by Gasteiger charge is -2.08. The Morgan fingerprint density at radius 1 is 1.29 bits per heavy atom. The minimum atomic E-state index is -0.635. The van der Waals surface area contributed by atoms with Gasteiger partial charge in [-0.25, -0.2) is 0 Å². The Hall–Kier alpha value is -1.87. The molecule has 0 aliphatic carbocycles. The number of rotatable bonds is 3. The Morgan fingerprint density at radius 3 is 2.57 bits per heavy atom. The van der Waals surface area contributed by atoms with Crippen LogP contribution in [0.1, 0.15) is 10.4 Å². The van der Waals surface area contributed by atoms with Gasteiger partial charge in [-0.1, -0.05) is 11.6 Å². The third kappa shape index (κ3) is 3.61. The van der Waals surface area contributed by atoms with Gasteiger partial charge in [-0.3, -0.25) is 14.9 Å². The van der Waals surface area contributed by atoms with Crippen LogP contribution in [0.5, 0.6) is 5.75 Å². The first-order chi connectivity index (χ1) is 9.88. The molecule has 6 nitrogen and oxygen atoms in total. The molecule has 8 heteroatoms. The molecule has 108 valence electrons. The summed E-state index contributed by atoms with van der Waals surface area (Å²) >= 11 is 7.97. The standard InChI is InChI=1S/C13H8ClIN2O4/c14-9-5-7(1-3-10(9)15)13(19)16-11-4-2-8(17(20)21)6-12(11)18/h1-6,18H,(H,16,19). The van der Waals surface area contributed by atoms with Crippen molar-refractivity contribution in [3.8, 4) is 5.75 Å². The monoisotopic (exact) mass is 418 g/mol. The fourth-order valence-electron chi connectivity index (χ4n) is 1.57. The lowest BCUT2D eigenvalue weighted by molar-refractivity contribution is -0.384. The minimum absolute atomic E-state index is 0.0836.